The molecule has 3 aromatic rings. The highest BCUT2D eigenvalue weighted by atomic mass is 16.4. The summed E-state index contributed by atoms with van der Waals surface area (Å²) in [6.07, 6.45) is 0.783. The topological polar surface area (TPSA) is 82.4 Å². The summed E-state index contributed by atoms with van der Waals surface area (Å²) in [7, 11) is 4.19. The number of anilines is 2. The lowest BCUT2D eigenvalue weighted by Crippen LogP contribution is -3.06. The summed E-state index contributed by atoms with van der Waals surface area (Å²) >= 11 is 0. The van der Waals surface area contributed by atoms with E-state index in [-0.39, 0.29) is 5.56 Å². The van der Waals surface area contributed by atoms with Crippen LogP contribution in [0.25, 0.3) is 10.9 Å². The Labute approximate surface area is 146 Å². The second-order valence-electron chi connectivity index (χ2n) is 6.20. The van der Waals surface area contributed by atoms with Gasteiger partial charge in [0.1, 0.15) is 11.6 Å². The third kappa shape index (κ3) is 4.10. The minimum Gasteiger partial charge on any atom is -0.545 e. The zero-order valence-corrected chi connectivity index (χ0v) is 14.2. The third-order valence-corrected chi connectivity index (χ3v) is 3.88. The molecule has 0 saturated carbocycles. The van der Waals surface area contributed by atoms with Gasteiger partial charge in [0.25, 0.3) is 0 Å². The number of fused-ring (bicyclic) bond motifs is 1. The summed E-state index contributed by atoms with van der Waals surface area (Å²) < 4.78 is 0. The number of likely N-dealkylation sites (N-methyl/N-ethyl adjacent to an activating group) is 1. The maximum absolute atomic E-state index is 10.9. The van der Waals surface area contributed by atoms with Gasteiger partial charge < -0.3 is 20.1 Å². The number of para-hydroxylation sites is 1. The minimum absolute atomic E-state index is 0.146. The van der Waals surface area contributed by atoms with E-state index in [1.54, 1.807) is 12.1 Å². The van der Waals surface area contributed by atoms with Gasteiger partial charge in [-0.1, -0.05) is 24.3 Å². The summed E-state index contributed by atoms with van der Waals surface area (Å²) in [6, 6.07) is 14.3. The van der Waals surface area contributed by atoms with E-state index in [1.165, 1.54) is 17.0 Å². The monoisotopic (exact) mass is 336 g/mol. The second-order valence-corrected chi connectivity index (χ2v) is 6.20. The van der Waals surface area contributed by atoms with Crippen LogP contribution in [0, 0.1) is 0 Å². The number of aromatic nitrogens is 2. The van der Waals surface area contributed by atoms with Crippen molar-refractivity contribution in [2.24, 2.45) is 0 Å². The molecule has 0 aliphatic carbocycles. The maximum atomic E-state index is 10.9. The molecule has 1 aromatic heterocycles. The zero-order chi connectivity index (χ0) is 17.8. The van der Waals surface area contributed by atoms with E-state index >= 15 is 0 Å². The van der Waals surface area contributed by atoms with Crippen LogP contribution in [-0.2, 0) is 6.42 Å². The minimum atomic E-state index is -1.19. The summed E-state index contributed by atoms with van der Waals surface area (Å²) in [5.74, 6) is 0.316. The molecule has 0 amide bonds. The number of carbonyl (C=O) groups is 1. The molecule has 0 spiro atoms. The van der Waals surface area contributed by atoms with E-state index in [0.717, 1.165) is 41.2 Å². The van der Waals surface area contributed by atoms with E-state index in [0.29, 0.717) is 0 Å². The molecule has 25 heavy (non-hydrogen) atoms. The molecule has 0 aliphatic heterocycles. The Hall–Kier alpha value is -2.99. The van der Waals surface area contributed by atoms with Gasteiger partial charge in [0.15, 0.2) is 0 Å². The van der Waals surface area contributed by atoms with Crippen LogP contribution in [0.5, 0.6) is 0 Å². The molecule has 0 saturated heterocycles. The lowest BCUT2D eigenvalue weighted by molar-refractivity contribution is -0.858. The van der Waals surface area contributed by atoms with Crippen LogP contribution in [0.2, 0.25) is 0 Å². The van der Waals surface area contributed by atoms with Crippen molar-refractivity contribution in [2.75, 3.05) is 26.0 Å². The van der Waals surface area contributed by atoms with Gasteiger partial charge in [0.05, 0.1) is 38.5 Å². The van der Waals surface area contributed by atoms with Gasteiger partial charge in [-0.3, -0.25) is 0 Å². The fourth-order valence-corrected chi connectivity index (χ4v) is 2.52. The Morgan fingerprint density at radius 3 is 2.48 bits per heavy atom. The Bertz CT molecular complexity index is 892. The van der Waals surface area contributed by atoms with Gasteiger partial charge in [-0.15, -0.1) is 0 Å². The number of benzene rings is 2. The number of nitrogens with zero attached hydrogens (tertiary/aromatic N) is 2. The molecule has 6 heteroatoms. The fraction of sp³-hybridized carbons (Fsp3) is 0.211. The number of hydrogen-bond donors (Lipinski definition) is 2. The predicted molar refractivity (Wildman–Crippen MR) is 95.0 cm³/mol. The van der Waals surface area contributed by atoms with Crippen molar-refractivity contribution in [2.45, 2.75) is 6.42 Å². The number of quaternary nitrogens is 1. The maximum Gasteiger partial charge on any atom is 0.142 e. The molecule has 2 N–H and O–H groups in total. The first kappa shape index (κ1) is 16.9. The Morgan fingerprint density at radius 1 is 1.08 bits per heavy atom. The molecule has 1 heterocycles. The average Bonchev–Trinajstić information content (AvgIpc) is 2.60. The zero-order valence-electron chi connectivity index (χ0n) is 14.2. The van der Waals surface area contributed by atoms with Crippen LogP contribution in [0.1, 0.15) is 16.2 Å². The molecule has 0 fully saturated rings. The largest absolute Gasteiger partial charge is 0.545 e. The lowest BCUT2D eigenvalue weighted by atomic mass is 10.2. The van der Waals surface area contributed by atoms with Gasteiger partial charge in [-0.2, -0.15) is 0 Å². The molecule has 0 radical (unpaired) electrons. The standard InChI is InChI=1S/C19H20N4O2/c1-23(2)12-11-17-21-16-6-4-3-5-15(16)18(22-17)20-14-9-7-13(8-10-14)19(24)25/h3-10H,11-12H2,1-2H3,(H,24,25)(H,20,21,22). The van der Waals surface area contributed by atoms with E-state index < -0.39 is 5.97 Å². The van der Waals surface area contributed by atoms with E-state index in [9.17, 15) is 9.90 Å². The van der Waals surface area contributed by atoms with Gasteiger partial charge in [0, 0.05) is 11.1 Å². The van der Waals surface area contributed by atoms with Gasteiger partial charge in [-0.05, 0) is 29.8 Å². The van der Waals surface area contributed by atoms with Crippen molar-refractivity contribution in [3.05, 3.63) is 59.9 Å². The smallest absolute Gasteiger partial charge is 0.142 e. The third-order valence-electron chi connectivity index (χ3n) is 3.88. The summed E-state index contributed by atoms with van der Waals surface area (Å²) in [4.78, 5) is 21.5. The van der Waals surface area contributed by atoms with Crippen LogP contribution in [0.3, 0.4) is 0 Å². The van der Waals surface area contributed by atoms with Crippen LogP contribution in [0.4, 0.5) is 11.5 Å². The normalized spacial score (nSPS) is 11.0. The average molecular weight is 336 g/mol. The molecule has 0 unspecified atom stereocenters. The molecular formula is C19H20N4O2. The van der Waals surface area contributed by atoms with Crippen molar-refractivity contribution in [3.63, 3.8) is 0 Å². The van der Waals surface area contributed by atoms with E-state index in [4.69, 9.17) is 0 Å². The molecule has 2 aromatic carbocycles. The highest BCUT2D eigenvalue weighted by Crippen LogP contribution is 2.24. The van der Waals surface area contributed by atoms with Crippen molar-refractivity contribution in [3.8, 4) is 0 Å². The Morgan fingerprint density at radius 2 is 1.80 bits per heavy atom. The van der Waals surface area contributed by atoms with Gasteiger partial charge >= 0.3 is 0 Å². The van der Waals surface area contributed by atoms with Gasteiger partial charge in [-0.25, -0.2) is 9.97 Å². The molecule has 0 bridgehead atoms. The Kier molecular flexibility index (Phi) is 4.90. The highest BCUT2D eigenvalue weighted by Gasteiger charge is 2.09. The van der Waals surface area contributed by atoms with Crippen molar-refractivity contribution >= 4 is 28.4 Å². The first-order chi connectivity index (χ1) is 12.0. The Balaban J connectivity index is 1.94. The first-order valence-electron chi connectivity index (χ1n) is 8.16. The van der Waals surface area contributed by atoms with Crippen LogP contribution in [0.15, 0.2) is 48.5 Å². The molecular weight excluding hydrogens is 316 g/mol. The SMILES string of the molecule is C[NH+](C)CCc1nc(Nc2ccc(C(=O)[O-])cc2)c2ccccc2n1. The number of carbonyl (C=O) groups excluding carboxylic acids is 1. The first-order valence-corrected chi connectivity index (χ1v) is 8.16. The van der Waals surface area contributed by atoms with Crippen LogP contribution in [-0.4, -0.2) is 36.6 Å². The van der Waals surface area contributed by atoms with E-state index in [1.807, 2.05) is 24.3 Å². The summed E-state index contributed by atoms with van der Waals surface area (Å²) in [5.41, 5.74) is 1.79. The quantitative estimate of drug-likeness (QED) is 0.682. The van der Waals surface area contributed by atoms with Crippen LogP contribution < -0.4 is 15.3 Å². The number of carboxylic acid groups (broad SMARTS) is 1. The lowest BCUT2D eigenvalue weighted by Gasteiger charge is -2.12. The van der Waals surface area contributed by atoms with Crippen molar-refractivity contribution < 1.29 is 14.8 Å². The summed E-state index contributed by atoms with van der Waals surface area (Å²) in [5, 5.41) is 15.1. The number of aromatic carboxylic acids is 1. The fourth-order valence-electron chi connectivity index (χ4n) is 2.52. The molecule has 3 rings (SSSR count). The highest BCUT2D eigenvalue weighted by molar-refractivity contribution is 5.91. The van der Waals surface area contributed by atoms with Crippen LogP contribution >= 0.6 is 0 Å². The number of nitrogens with one attached hydrogen (secondary N) is 2. The summed E-state index contributed by atoms with van der Waals surface area (Å²) in [6.45, 7) is 0.943. The molecule has 0 aliphatic rings. The number of hydrogen-bond acceptors (Lipinski definition) is 5. The van der Waals surface area contributed by atoms with Crippen molar-refractivity contribution in [1.82, 2.24) is 9.97 Å². The number of carboxylic acids is 1. The van der Waals surface area contributed by atoms with E-state index in [2.05, 4.69) is 29.4 Å². The van der Waals surface area contributed by atoms with Gasteiger partial charge in [0.2, 0.25) is 0 Å². The molecule has 0 atom stereocenters. The predicted octanol–water partition coefficient (Wildman–Crippen LogP) is 0.424. The molecule has 128 valence electrons. The van der Waals surface area contributed by atoms with Crippen molar-refractivity contribution in [1.29, 1.82) is 0 Å². The number of rotatable bonds is 6. The second kappa shape index (κ2) is 7.27. The molecule has 6 nitrogen and oxygen atoms in total.